The number of ether oxygens (including phenoxy) is 1. The molecule has 2 aromatic carbocycles. The maximum Gasteiger partial charge on any atom is 0.339 e. The van der Waals surface area contributed by atoms with Crippen LogP contribution in [0.3, 0.4) is 0 Å². The van der Waals surface area contributed by atoms with E-state index in [9.17, 15) is 18.0 Å². The zero-order chi connectivity index (χ0) is 23.5. The van der Waals surface area contributed by atoms with E-state index in [4.69, 9.17) is 34.8 Å². The van der Waals surface area contributed by atoms with E-state index < -0.39 is 21.9 Å². The number of piperidine rings is 1. The normalized spacial score (nSPS) is 17.1. The molecule has 32 heavy (non-hydrogen) atoms. The van der Waals surface area contributed by atoms with E-state index in [0.29, 0.717) is 35.7 Å². The van der Waals surface area contributed by atoms with Gasteiger partial charge in [-0.15, -0.1) is 0 Å². The van der Waals surface area contributed by atoms with Gasteiger partial charge in [-0.1, -0.05) is 40.9 Å². The summed E-state index contributed by atoms with van der Waals surface area (Å²) in [5.74, 6) is -1.79. The molecule has 1 amide bonds. The third kappa shape index (κ3) is 5.94. The molecule has 2 aromatic rings. The molecule has 1 atom stereocenters. The van der Waals surface area contributed by atoms with E-state index in [1.165, 1.54) is 29.6 Å². The van der Waals surface area contributed by atoms with Crippen LogP contribution in [0.25, 0.3) is 0 Å². The molecule has 11 heteroatoms. The Morgan fingerprint density at radius 1 is 1.12 bits per heavy atom. The van der Waals surface area contributed by atoms with Crippen LogP contribution >= 0.6 is 34.8 Å². The molecule has 1 aliphatic rings. The second kappa shape index (κ2) is 10.4. The van der Waals surface area contributed by atoms with E-state index in [2.05, 4.69) is 10.1 Å². The molecule has 7 nitrogen and oxygen atoms in total. The molecule has 1 aliphatic heterocycles. The second-order valence-corrected chi connectivity index (χ2v) is 10.6. The van der Waals surface area contributed by atoms with Gasteiger partial charge in [0.15, 0.2) is 0 Å². The fourth-order valence-corrected chi connectivity index (χ4v) is 5.84. The first-order valence-corrected chi connectivity index (χ1v) is 12.5. The van der Waals surface area contributed by atoms with Crippen molar-refractivity contribution in [3.8, 4) is 0 Å². The summed E-state index contributed by atoms with van der Waals surface area (Å²) in [5, 5.41) is 3.63. The summed E-state index contributed by atoms with van der Waals surface area (Å²) in [6.07, 6.45) is 1.08. The molecule has 0 radical (unpaired) electrons. The van der Waals surface area contributed by atoms with Gasteiger partial charge in [-0.3, -0.25) is 4.79 Å². The number of carbonyl (C=O) groups excluding carboxylic acids is 2. The van der Waals surface area contributed by atoms with E-state index in [-0.39, 0.29) is 33.8 Å². The Hall–Kier alpha value is -1.84. The van der Waals surface area contributed by atoms with E-state index in [1.54, 1.807) is 18.2 Å². The molecule has 0 bridgehead atoms. The number of nitrogens with one attached hydrogen (secondary N) is 1. The summed E-state index contributed by atoms with van der Waals surface area (Å²) in [4.78, 5) is 24.6. The van der Waals surface area contributed by atoms with Crippen LogP contribution in [0.4, 0.5) is 5.69 Å². The number of carbonyl (C=O) groups is 2. The van der Waals surface area contributed by atoms with Crippen molar-refractivity contribution < 1.29 is 22.7 Å². The van der Waals surface area contributed by atoms with Gasteiger partial charge in [0, 0.05) is 28.8 Å². The van der Waals surface area contributed by atoms with Gasteiger partial charge in [0.2, 0.25) is 15.9 Å². The zero-order valence-electron chi connectivity index (χ0n) is 17.1. The number of methoxy groups -OCH3 is 1. The van der Waals surface area contributed by atoms with Gasteiger partial charge in [0.1, 0.15) is 0 Å². The minimum Gasteiger partial charge on any atom is -0.465 e. The molecular weight excluding hydrogens is 499 g/mol. The number of amides is 1. The van der Waals surface area contributed by atoms with Crippen LogP contribution < -0.4 is 5.32 Å². The van der Waals surface area contributed by atoms with Crippen molar-refractivity contribution in [2.24, 2.45) is 5.92 Å². The molecule has 1 heterocycles. The number of nitrogens with zero attached hydrogens (tertiary/aromatic N) is 1. The van der Waals surface area contributed by atoms with E-state index in [1.807, 2.05) is 0 Å². The number of sulfonamides is 1. The maximum atomic E-state index is 12.9. The number of benzene rings is 2. The number of rotatable bonds is 6. The Labute approximate surface area is 201 Å². The predicted molar refractivity (Wildman–Crippen MR) is 125 cm³/mol. The van der Waals surface area contributed by atoms with Crippen molar-refractivity contribution in [1.82, 2.24) is 4.31 Å². The SMILES string of the molecule is COC(=O)c1cc(NC(=O)C2CCCN(S(=O)(=O)Cc3ccc(Cl)cc3Cl)C2)ccc1Cl. The topological polar surface area (TPSA) is 92.8 Å². The van der Waals surface area contributed by atoms with Crippen LogP contribution in [0.5, 0.6) is 0 Å². The Balaban J connectivity index is 1.70. The largest absolute Gasteiger partial charge is 0.465 e. The third-order valence-corrected chi connectivity index (χ3v) is 7.85. The Morgan fingerprint density at radius 3 is 2.56 bits per heavy atom. The lowest BCUT2D eigenvalue weighted by molar-refractivity contribution is -0.120. The third-order valence-electron chi connectivity index (χ3n) is 5.14. The maximum absolute atomic E-state index is 12.9. The van der Waals surface area contributed by atoms with Crippen LogP contribution in [0, 0.1) is 5.92 Å². The minimum atomic E-state index is -3.69. The van der Waals surface area contributed by atoms with Crippen LogP contribution in [0.1, 0.15) is 28.8 Å². The summed E-state index contributed by atoms with van der Waals surface area (Å²) in [6, 6.07) is 9.12. The molecule has 1 unspecified atom stereocenters. The molecular formula is C21H21Cl3N2O5S. The standard InChI is InChI=1S/C21H21Cl3N2O5S/c1-31-21(28)17-10-16(6-7-18(17)23)25-20(27)13-3-2-8-26(11-13)32(29,30)12-14-4-5-15(22)9-19(14)24/h4-7,9-10,13H,2-3,8,11-12H2,1H3,(H,25,27). The smallest absolute Gasteiger partial charge is 0.339 e. The molecule has 1 N–H and O–H groups in total. The highest BCUT2D eigenvalue weighted by Gasteiger charge is 2.33. The molecule has 172 valence electrons. The molecule has 0 aliphatic carbocycles. The number of hydrogen-bond donors (Lipinski definition) is 1. The molecule has 0 saturated carbocycles. The van der Waals surface area contributed by atoms with Gasteiger partial charge in [-0.25, -0.2) is 17.5 Å². The number of hydrogen-bond acceptors (Lipinski definition) is 5. The monoisotopic (exact) mass is 518 g/mol. The highest BCUT2D eigenvalue weighted by Crippen LogP contribution is 2.27. The summed E-state index contributed by atoms with van der Waals surface area (Å²) in [6.45, 7) is 0.377. The highest BCUT2D eigenvalue weighted by atomic mass is 35.5. The first kappa shape index (κ1) is 24.8. The van der Waals surface area contributed by atoms with Crippen molar-refractivity contribution in [3.63, 3.8) is 0 Å². The first-order chi connectivity index (χ1) is 15.1. The molecule has 0 aromatic heterocycles. The van der Waals surface area contributed by atoms with Crippen LogP contribution in [0.15, 0.2) is 36.4 Å². The van der Waals surface area contributed by atoms with Gasteiger partial charge in [0.05, 0.1) is 29.4 Å². The average Bonchev–Trinajstić information content (AvgIpc) is 2.76. The van der Waals surface area contributed by atoms with Gasteiger partial charge >= 0.3 is 5.97 Å². The average molecular weight is 520 g/mol. The van der Waals surface area contributed by atoms with Gasteiger partial charge in [0.25, 0.3) is 0 Å². The fraction of sp³-hybridized carbons (Fsp3) is 0.333. The first-order valence-electron chi connectivity index (χ1n) is 9.71. The lowest BCUT2D eigenvalue weighted by Crippen LogP contribution is -2.44. The van der Waals surface area contributed by atoms with Crippen molar-refractivity contribution in [2.45, 2.75) is 18.6 Å². The summed E-state index contributed by atoms with van der Waals surface area (Å²) in [5.41, 5.74) is 0.937. The second-order valence-electron chi connectivity index (χ2n) is 7.36. The van der Waals surface area contributed by atoms with Crippen molar-refractivity contribution in [3.05, 3.63) is 62.6 Å². The van der Waals surface area contributed by atoms with Crippen LogP contribution in [0.2, 0.25) is 15.1 Å². The molecule has 0 spiro atoms. The lowest BCUT2D eigenvalue weighted by Gasteiger charge is -2.31. The van der Waals surface area contributed by atoms with Crippen molar-refractivity contribution in [1.29, 1.82) is 0 Å². The molecule has 1 fully saturated rings. The van der Waals surface area contributed by atoms with Crippen molar-refractivity contribution >= 4 is 62.4 Å². The van der Waals surface area contributed by atoms with Crippen LogP contribution in [-0.2, 0) is 25.3 Å². The quantitative estimate of drug-likeness (QED) is 0.563. The predicted octanol–water partition coefficient (Wildman–Crippen LogP) is 4.61. The Bertz CT molecular complexity index is 1140. The Kier molecular flexibility index (Phi) is 8.06. The highest BCUT2D eigenvalue weighted by molar-refractivity contribution is 7.88. The van der Waals surface area contributed by atoms with Crippen molar-refractivity contribution in [2.75, 3.05) is 25.5 Å². The van der Waals surface area contributed by atoms with Gasteiger partial charge in [-0.05, 0) is 48.7 Å². The molecule has 3 rings (SSSR count). The lowest BCUT2D eigenvalue weighted by atomic mass is 9.98. The number of esters is 1. The van der Waals surface area contributed by atoms with Gasteiger partial charge < -0.3 is 10.1 Å². The molecule has 1 saturated heterocycles. The number of anilines is 1. The Morgan fingerprint density at radius 2 is 1.88 bits per heavy atom. The van der Waals surface area contributed by atoms with E-state index >= 15 is 0 Å². The minimum absolute atomic E-state index is 0.0524. The summed E-state index contributed by atoms with van der Waals surface area (Å²) >= 11 is 18.0. The van der Waals surface area contributed by atoms with Crippen LogP contribution in [-0.4, -0.2) is 44.8 Å². The summed E-state index contributed by atoms with van der Waals surface area (Å²) < 4.78 is 31.9. The zero-order valence-corrected chi connectivity index (χ0v) is 20.2. The van der Waals surface area contributed by atoms with Gasteiger partial charge in [-0.2, -0.15) is 0 Å². The summed E-state index contributed by atoms with van der Waals surface area (Å²) in [7, 11) is -2.46. The van der Waals surface area contributed by atoms with E-state index in [0.717, 1.165) is 0 Å². The number of halogens is 3. The fourth-order valence-electron chi connectivity index (χ4n) is 3.45.